The van der Waals surface area contributed by atoms with Crippen LogP contribution in [0, 0.1) is 11.8 Å². The van der Waals surface area contributed by atoms with Crippen LogP contribution in [0.2, 0.25) is 0 Å². The second kappa shape index (κ2) is 6.46. The van der Waals surface area contributed by atoms with Gasteiger partial charge in [0.15, 0.2) is 6.29 Å². The van der Waals surface area contributed by atoms with E-state index in [4.69, 9.17) is 9.47 Å². The molecule has 0 aromatic rings. The van der Waals surface area contributed by atoms with E-state index in [-0.39, 0.29) is 6.29 Å². The predicted octanol–water partition coefficient (Wildman–Crippen LogP) is 2.02. The molecule has 2 unspecified atom stereocenters. The molecule has 0 aliphatic heterocycles. The van der Waals surface area contributed by atoms with Crippen molar-refractivity contribution in [3.05, 3.63) is 0 Å². The highest BCUT2D eigenvalue weighted by Crippen LogP contribution is 2.28. The second-order valence-corrected chi connectivity index (χ2v) is 4.72. The summed E-state index contributed by atoms with van der Waals surface area (Å²) in [4.78, 5) is 0. The van der Waals surface area contributed by atoms with Crippen LogP contribution in [0.3, 0.4) is 0 Å². The molecule has 3 nitrogen and oxygen atoms in total. The molecule has 1 rings (SSSR count). The Kier molecular flexibility index (Phi) is 5.58. The summed E-state index contributed by atoms with van der Waals surface area (Å²) in [7, 11) is 3.37. The van der Waals surface area contributed by atoms with Gasteiger partial charge < -0.3 is 14.8 Å². The maximum atomic E-state index is 5.18. The summed E-state index contributed by atoms with van der Waals surface area (Å²) in [5.41, 5.74) is 0. The Hall–Kier alpha value is -0.120. The van der Waals surface area contributed by atoms with Crippen molar-refractivity contribution in [2.24, 2.45) is 11.8 Å². The number of ether oxygens (including phenoxy) is 2. The normalized spacial score (nSPS) is 32.2. The monoisotopic (exact) mass is 215 g/mol. The molecule has 0 radical (unpaired) electrons. The molecule has 0 bridgehead atoms. The van der Waals surface area contributed by atoms with E-state index >= 15 is 0 Å². The van der Waals surface area contributed by atoms with Crippen molar-refractivity contribution in [2.45, 2.75) is 45.4 Å². The average molecular weight is 215 g/mol. The van der Waals surface area contributed by atoms with Gasteiger partial charge in [-0.15, -0.1) is 0 Å². The molecule has 2 atom stereocenters. The van der Waals surface area contributed by atoms with Gasteiger partial charge in [0.25, 0.3) is 0 Å². The van der Waals surface area contributed by atoms with Gasteiger partial charge >= 0.3 is 0 Å². The quantitative estimate of drug-likeness (QED) is 0.712. The molecule has 0 aromatic carbocycles. The van der Waals surface area contributed by atoms with Gasteiger partial charge in [0.05, 0.1) is 0 Å². The first kappa shape index (κ1) is 12.9. The molecule has 1 saturated carbocycles. The molecule has 1 N–H and O–H groups in total. The highest BCUT2D eigenvalue weighted by atomic mass is 16.7. The van der Waals surface area contributed by atoms with Crippen molar-refractivity contribution in [3.8, 4) is 0 Å². The van der Waals surface area contributed by atoms with Gasteiger partial charge in [0, 0.05) is 26.8 Å². The van der Waals surface area contributed by atoms with E-state index in [1.165, 1.54) is 19.3 Å². The van der Waals surface area contributed by atoms with Crippen molar-refractivity contribution >= 4 is 0 Å². The van der Waals surface area contributed by atoms with Crippen molar-refractivity contribution in [1.82, 2.24) is 5.32 Å². The molecule has 90 valence electrons. The van der Waals surface area contributed by atoms with Crippen molar-refractivity contribution < 1.29 is 9.47 Å². The fraction of sp³-hybridized carbons (Fsp3) is 1.00. The lowest BCUT2D eigenvalue weighted by Crippen LogP contribution is -2.46. The molecule has 1 aliphatic rings. The summed E-state index contributed by atoms with van der Waals surface area (Å²) in [5.74, 6) is 1.53. The molecule has 0 heterocycles. The molecule has 0 amide bonds. The molecular weight excluding hydrogens is 190 g/mol. The van der Waals surface area contributed by atoms with Crippen LogP contribution < -0.4 is 5.32 Å². The molecule has 3 heteroatoms. The fourth-order valence-electron chi connectivity index (χ4n) is 2.58. The standard InChI is InChI=1S/C12H25NO2/c1-9-6-5-7-10(2)12(9)13-8-11(14-3)15-4/h9-13H,5-8H2,1-4H3. The van der Waals surface area contributed by atoms with Gasteiger partial charge in [0.1, 0.15) is 0 Å². The first-order chi connectivity index (χ1) is 7.19. The van der Waals surface area contributed by atoms with Crippen LogP contribution in [-0.4, -0.2) is 33.1 Å². The Bertz CT molecular complexity index is 161. The molecule has 1 fully saturated rings. The third-order valence-electron chi connectivity index (χ3n) is 3.59. The van der Waals surface area contributed by atoms with Gasteiger partial charge in [-0.05, 0) is 24.7 Å². The van der Waals surface area contributed by atoms with Crippen LogP contribution in [0.25, 0.3) is 0 Å². The minimum Gasteiger partial charge on any atom is -0.355 e. The predicted molar refractivity (Wildman–Crippen MR) is 61.8 cm³/mol. The number of nitrogens with one attached hydrogen (secondary N) is 1. The van der Waals surface area contributed by atoms with E-state index in [9.17, 15) is 0 Å². The number of hydrogen-bond acceptors (Lipinski definition) is 3. The topological polar surface area (TPSA) is 30.5 Å². The van der Waals surface area contributed by atoms with Crippen LogP contribution in [0.1, 0.15) is 33.1 Å². The first-order valence-corrected chi connectivity index (χ1v) is 5.98. The van der Waals surface area contributed by atoms with Crippen molar-refractivity contribution in [1.29, 1.82) is 0 Å². The van der Waals surface area contributed by atoms with Crippen molar-refractivity contribution in [3.63, 3.8) is 0 Å². The van der Waals surface area contributed by atoms with Gasteiger partial charge in [-0.1, -0.05) is 20.3 Å². The highest BCUT2D eigenvalue weighted by molar-refractivity contribution is 4.83. The maximum Gasteiger partial charge on any atom is 0.169 e. The number of rotatable bonds is 5. The lowest BCUT2D eigenvalue weighted by atomic mass is 9.79. The van der Waals surface area contributed by atoms with Gasteiger partial charge in [-0.25, -0.2) is 0 Å². The summed E-state index contributed by atoms with van der Waals surface area (Å²) in [6.07, 6.45) is 3.93. The zero-order valence-electron chi connectivity index (χ0n) is 10.5. The van der Waals surface area contributed by atoms with Crippen LogP contribution in [0.5, 0.6) is 0 Å². The third-order valence-corrected chi connectivity index (χ3v) is 3.59. The van der Waals surface area contributed by atoms with Crippen LogP contribution in [0.4, 0.5) is 0 Å². The average Bonchev–Trinajstić information content (AvgIpc) is 2.23. The minimum atomic E-state index is -0.119. The van der Waals surface area contributed by atoms with E-state index in [0.717, 1.165) is 18.4 Å². The summed E-state index contributed by atoms with van der Waals surface area (Å²) in [5, 5.41) is 3.57. The van der Waals surface area contributed by atoms with E-state index in [1.54, 1.807) is 14.2 Å². The molecular formula is C12H25NO2. The zero-order valence-corrected chi connectivity index (χ0v) is 10.5. The van der Waals surface area contributed by atoms with E-state index < -0.39 is 0 Å². The summed E-state index contributed by atoms with van der Waals surface area (Å²) in [6, 6.07) is 0.617. The summed E-state index contributed by atoms with van der Waals surface area (Å²) < 4.78 is 10.4. The van der Waals surface area contributed by atoms with Crippen LogP contribution in [0.15, 0.2) is 0 Å². The Morgan fingerprint density at radius 2 is 1.67 bits per heavy atom. The fourth-order valence-corrected chi connectivity index (χ4v) is 2.58. The molecule has 0 saturated heterocycles. The molecule has 15 heavy (non-hydrogen) atoms. The lowest BCUT2D eigenvalue weighted by molar-refractivity contribution is -0.102. The zero-order chi connectivity index (χ0) is 11.3. The highest BCUT2D eigenvalue weighted by Gasteiger charge is 2.27. The van der Waals surface area contributed by atoms with Gasteiger partial charge in [-0.3, -0.25) is 0 Å². The molecule has 0 spiro atoms. The third kappa shape index (κ3) is 3.74. The number of hydrogen-bond donors (Lipinski definition) is 1. The minimum absolute atomic E-state index is 0.119. The lowest BCUT2D eigenvalue weighted by Gasteiger charge is -2.36. The Morgan fingerprint density at radius 1 is 1.13 bits per heavy atom. The van der Waals surface area contributed by atoms with Gasteiger partial charge in [-0.2, -0.15) is 0 Å². The van der Waals surface area contributed by atoms with Crippen LogP contribution in [-0.2, 0) is 9.47 Å². The first-order valence-electron chi connectivity index (χ1n) is 5.98. The Labute approximate surface area is 93.5 Å². The smallest absolute Gasteiger partial charge is 0.169 e. The maximum absolute atomic E-state index is 5.18. The van der Waals surface area contributed by atoms with E-state index in [0.29, 0.717) is 6.04 Å². The van der Waals surface area contributed by atoms with E-state index in [2.05, 4.69) is 19.2 Å². The SMILES string of the molecule is COC(CNC1C(C)CCCC1C)OC. The molecule has 1 aliphatic carbocycles. The largest absolute Gasteiger partial charge is 0.355 e. The van der Waals surface area contributed by atoms with Crippen LogP contribution >= 0.6 is 0 Å². The molecule has 0 aromatic heterocycles. The van der Waals surface area contributed by atoms with Gasteiger partial charge in [0.2, 0.25) is 0 Å². The van der Waals surface area contributed by atoms with Crippen molar-refractivity contribution in [2.75, 3.05) is 20.8 Å². The van der Waals surface area contributed by atoms with E-state index in [1.807, 2.05) is 0 Å². The Balaban J connectivity index is 2.34. The summed E-state index contributed by atoms with van der Waals surface area (Å²) in [6.45, 7) is 5.45. The number of methoxy groups -OCH3 is 2. The second-order valence-electron chi connectivity index (χ2n) is 4.72. The Morgan fingerprint density at radius 3 is 2.13 bits per heavy atom. The summed E-state index contributed by atoms with van der Waals surface area (Å²) >= 11 is 0.